The van der Waals surface area contributed by atoms with E-state index in [0.29, 0.717) is 42.0 Å². The van der Waals surface area contributed by atoms with Gasteiger partial charge in [0.25, 0.3) is 5.91 Å². The van der Waals surface area contributed by atoms with Crippen LogP contribution < -0.4 is 35.5 Å². The average Bonchev–Trinajstić information content (AvgIpc) is 3.89. The summed E-state index contributed by atoms with van der Waals surface area (Å²) in [6.45, 7) is 0.383. The summed E-state index contributed by atoms with van der Waals surface area (Å²) >= 11 is 0. The zero-order chi connectivity index (χ0) is 36.8. The molecule has 1 aromatic heterocycles. The van der Waals surface area contributed by atoms with Gasteiger partial charge in [-0.05, 0) is 80.5 Å². The van der Waals surface area contributed by atoms with Crippen molar-refractivity contribution in [3.8, 4) is 17.2 Å². The molecule has 2 aromatic carbocycles. The largest absolute Gasteiger partial charge is 0.497 e. The summed E-state index contributed by atoms with van der Waals surface area (Å²) in [5.74, 6) is -1.96. The highest BCUT2D eigenvalue weighted by Crippen LogP contribution is 2.33. The van der Waals surface area contributed by atoms with Crippen LogP contribution in [0.3, 0.4) is 0 Å². The predicted molar refractivity (Wildman–Crippen MR) is 185 cm³/mol. The number of rotatable bonds is 8. The second-order valence-corrected chi connectivity index (χ2v) is 13.1. The summed E-state index contributed by atoms with van der Waals surface area (Å²) in [5.41, 5.74) is 1.78. The third-order valence-corrected chi connectivity index (χ3v) is 9.52. The molecule has 3 aliphatic heterocycles. The molecule has 5 amide bonds. The molecule has 0 saturated carbocycles. The van der Waals surface area contributed by atoms with Gasteiger partial charge in [0.15, 0.2) is 11.5 Å². The van der Waals surface area contributed by atoms with Crippen molar-refractivity contribution in [1.82, 2.24) is 31.2 Å². The highest BCUT2D eigenvalue weighted by atomic mass is 16.7. The van der Waals surface area contributed by atoms with E-state index in [1.54, 1.807) is 37.4 Å². The number of carboxylic acids is 1. The highest BCUT2D eigenvalue weighted by molar-refractivity contribution is 6.01. The number of aliphatic carboxylic acids is 1. The number of hydrogen-bond donors (Lipinski definition) is 6. The molecule has 16 heteroatoms. The Bertz CT molecular complexity index is 1860. The van der Waals surface area contributed by atoms with E-state index in [1.807, 2.05) is 12.1 Å². The molecule has 6 rings (SSSR count). The van der Waals surface area contributed by atoms with Gasteiger partial charge in [0.2, 0.25) is 30.4 Å². The summed E-state index contributed by atoms with van der Waals surface area (Å²) in [5, 5.41) is 21.6. The average molecular weight is 719 g/mol. The molecule has 4 heterocycles. The summed E-state index contributed by atoms with van der Waals surface area (Å²) in [6, 6.07) is 8.16. The first-order valence-corrected chi connectivity index (χ1v) is 17.3. The number of methoxy groups -OCH3 is 1. The molecule has 3 aliphatic rings. The van der Waals surface area contributed by atoms with Gasteiger partial charge >= 0.3 is 5.97 Å². The molecular formula is C36H42N6O10. The first-order chi connectivity index (χ1) is 25.1. The van der Waals surface area contributed by atoms with E-state index in [4.69, 9.17) is 14.2 Å². The van der Waals surface area contributed by atoms with E-state index in [2.05, 4.69) is 26.3 Å². The van der Waals surface area contributed by atoms with Crippen molar-refractivity contribution in [3.05, 3.63) is 53.7 Å². The number of benzene rings is 2. The maximum absolute atomic E-state index is 14.3. The lowest BCUT2D eigenvalue weighted by Gasteiger charge is -2.29. The molecule has 0 spiro atoms. The van der Waals surface area contributed by atoms with E-state index in [1.165, 1.54) is 4.90 Å². The number of carboxylic acid groups (broad SMARTS) is 1. The fraction of sp³-hybridized carbons (Fsp3) is 0.444. The van der Waals surface area contributed by atoms with Crippen molar-refractivity contribution < 1.29 is 48.1 Å². The summed E-state index contributed by atoms with van der Waals surface area (Å²) in [7, 11) is 1.54. The van der Waals surface area contributed by atoms with Crippen molar-refractivity contribution in [2.45, 2.75) is 75.5 Å². The number of fused-ring (bicyclic) bond motifs is 3. The van der Waals surface area contributed by atoms with Crippen molar-refractivity contribution >= 4 is 46.4 Å². The number of nitrogens with one attached hydrogen (secondary N) is 5. The lowest BCUT2D eigenvalue weighted by atomic mass is 10.1. The van der Waals surface area contributed by atoms with Crippen LogP contribution in [0.4, 0.5) is 0 Å². The fourth-order valence-electron chi connectivity index (χ4n) is 6.73. The van der Waals surface area contributed by atoms with Gasteiger partial charge in [-0.2, -0.15) is 0 Å². The molecule has 0 unspecified atom stereocenters. The van der Waals surface area contributed by atoms with Crippen LogP contribution in [0.1, 0.15) is 61.0 Å². The lowest BCUT2D eigenvalue weighted by Crippen LogP contribution is -2.55. The number of carbonyl (C=O) groups is 6. The van der Waals surface area contributed by atoms with Crippen molar-refractivity contribution in [3.63, 3.8) is 0 Å². The zero-order valence-electron chi connectivity index (χ0n) is 28.7. The van der Waals surface area contributed by atoms with Gasteiger partial charge in [-0.3, -0.25) is 24.0 Å². The Morgan fingerprint density at radius 3 is 2.63 bits per heavy atom. The van der Waals surface area contributed by atoms with E-state index in [-0.39, 0.29) is 69.5 Å². The molecule has 3 aromatic rings. The number of aromatic nitrogens is 1. The van der Waals surface area contributed by atoms with E-state index in [0.717, 1.165) is 10.9 Å². The topological polar surface area (TPSA) is 217 Å². The molecule has 0 bridgehead atoms. The Morgan fingerprint density at radius 1 is 1.00 bits per heavy atom. The first kappa shape index (κ1) is 36.0. The SMILES string of the molecule is COc1ccc2[nH]c(C(=O)N[C@H]3CCCCNC(=O)CC[C@@H](C(=O)O)NC(=O)[C@@H]4C[C@@H](NC(=O)CCc5ccc6c(c5)OCO6)CN4C3=O)cc2c1. The van der Waals surface area contributed by atoms with E-state index in [9.17, 15) is 33.9 Å². The number of aromatic amines is 1. The van der Waals surface area contributed by atoms with E-state index < -0.39 is 47.9 Å². The second kappa shape index (κ2) is 16.0. The normalized spacial score (nSPS) is 22.4. The first-order valence-electron chi connectivity index (χ1n) is 17.3. The summed E-state index contributed by atoms with van der Waals surface area (Å²) in [6.07, 6.45) is 1.41. The molecule has 0 aliphatic carbocycles. The van der Waals surface area contributed by atoms with Crippen LogP contribution >= 0.6 is 0 Å². The predicted octanol–water partition coefficient (Wildman–Crippen LogP) is 1.37. The maximum atomic E-state index is 14.3. The lowest BCUT2D eigenvalue weighted by molar-refractivity contribution is -0.144. The number of amides is 5. The minimum atomic E-state index is -1.38. The Morgan fingerprint density at radius 2 is 1.83 bits per heavy atom. The maximum Gasteiger partial charge on any atom is 0.326 e. The van der Waals surface area contributed by atoms with Gasteiger partial charge in [-0.15, -0.1) is 0 Å². The fourth-order valence-corrected chi connectivity index (χ4v) is 6.73. The van der Waals surface area contributed by atoms with Gasteiger partial charge in [0, 0.05) is 42.9 Å². The van der Waals surface area contributed by atoms with Crippen LogP contribution in [0.2, 0.25) is 0 Å². The number of nitrogens with zero attached hydrogens (tertiary/aromatic N) is 1. The molecule has 4 atom stereocenters. The Kier molecular flexibility index (Phi) is 11.1. The molecule has 2 saturated heterocycles. The van der Waals surface area contributed by atoms with Gasteiger partial charge in [0.1, 0.15) is 29.6 Å². The molecule has 2 fully saturated rings. The molecule has 276 valence electrons. The van der Waals surface area contributed by atoms with Gasteiger partial charge in [-0.1, -0.05) is 6.07 Å². The third kappa shape index (κ3) is 8.55. The molecule has 0 radical (unpaired) electrons. The van der Waals surface area contributed by atoms with Crippen molar-refractivity contribution in [1.29, 1.82) is 0 Å². The van der Waals surface area contributed by atoms with Crippen LogP contribution in [0.25, 0.3) is 10.9 Å². The van der Waals surface area contributed by atoms with Crippen molar-refractivity contribution in [2.75, 3.05) is 27.0 Å². The molecular weight excluding hydrogens is 676 g/mol. The van der Waals surface area contributed by atoms with Crippen LogP contribution in [-0.2, 0) is 30.4 Å². The third-order valence-electron chi connectivity index (χ3n) is 9.52. The van der Waals surface area contributed by atoms with Crippen molar-refractivity contribution in [2.24, 2.45) is 0 Å². The van der Waals surface area contributed by atoms with Crippen LogP contribution in [0.15, 0.2) is 42.5 Å². The molecule has 52 heavy (non-hydrogen) atoms. The highest BCUT2D eigenvalue weighted by Gasteiger charge is 2.43. The smallest absolute Gasteiger partial charge is 0.326 e. The number of H-pyrrole nitrogens is 1. The van der Waals surface area contributed by atoms with Crippen LogP contribution in [-0.4, -0.2) is 102 Å². The monoisotopic (exact) mass is 718 g/mol. The second-order valence-electron chi connectivity index (χ2n) is 13.1. The number of ether oxygens (including phenoxy) is 3. The number of hydrogen-bond acceptors (Lipinski definition) is 9. The zero-order valence-corrected chi connectivity index (χ0v) is 28.7. The van der Waals surface area contributed by atoms with E-state index >= 15 is 0 Å². The molecule has 16 nitrogen and oxygen atoms in total. The standard InChI is InChI=1S/C36H42N6O10/c1-50-23-7-8-24-21(15-23)16-27(39-24)33(45)40-25-4-2-3-13-37-31(43)12-9-26(36(48)49)41-34(46)28-17-22(18-42(28)35(25)47)38-32(44)11-6-20-5-10-29-30(14-20)52-19-51-29/h5,7-8,10,14-16,22,25-26,28,39H,2-4,6,9,11-13,17-19H2,1H3,(H,37,43)(H,38,44)(H,40,45)(H,41,46)(H,48,49)/t22-,25+,26+,28+/m1/s1. The minimum absolute atomic E-state index is 0.0185. The van der Waals surface area contributed by atoms with Crippen LogP contribution in [0, 0.1) is 0 Å². The Balaban J connectivity index is 1.20. The van der Waals surface area contributed by atoms with Gasteiger partial charge < -0.3 is 50.5 Å². The summed E-state index contributed by atoms with van der Waals surface area (Å²) in [4.78, 5) is 83.6. The Labute approximate surface area is 298 Å². The minimum Gasteiger partial charge on any atom is -0.497 e. The van der Waals surface area contributed by atoms with Gasteiger partial charge in [0.05, 0.1) is 7.11 Å². The van der Waals surface area contributed by atoms with Crippen LogP contribution in [0.5, 0.6) is 17.2 Å². The summed E-state index contributed by atoms with van der Waals surface area (Å²) < 4.78 is 16.1. The Hall–Kier alpha value is -5.80. The number of aryl methyl sites for hydroxylation is 1. The van der Waals surface area contributed by atoms with Gasteiger partial charge in [-0.25, -0.2) is 4.79 Å². The number of carbonyl (C=O) groups excluding carboxylic acids is 5. The quantitative estimate of drug-likeness (QED) is 0.197. The molecule has 6 N–H and O–H groups in total.